The smallest absolute Gasteiger partial charge is 0.171 e. The lowest BCUT2D eigenvalue weighted by atomic mass is 10.3. The number of aromatic nitrogens is 3. The molecule has 0 radical (unpaired) electrons. The molecule has 0 aliphatic rings. The summed E-state index contributed by atoms with van der Waals surface area (Å²) in [5.74, 6) is -0.462. The molecule has 0 saturated carbocycles. The summed E-state index contributed by atoms with van der Waals surface area (Å²) < 4.78 is 14.7. The predicted octanol–water partition coefficient (Wildman–Crippen LogP) is 2.63. The third kappa shape index (κ3) is 1.98. The van der Waals surface area contributed by atoms with Gasteiger partial charge in [-0.15, -0.1) is 5.10 Å². The van der Waals surface area contributed by atoms with Gasteiger partial charge in [0.05, 0.1) is 16.9 Å². The van der Waals surface area contributed by atoms with Gasteiger partial charge in [-0.25, -0.2) is 9.07 Å². The van der Waals surface area contributed by atoms with E-state index in [-0.39, 0.29) is 10.7 Å². The van der Waals surface area contributed by atoms with Crippen LogP contribution in [0.5, 0.6) is 0 Å². The first-order valence-corrected chi connectivity index (χ1v) is 5.31. The molecule has 7 heteroatoms. The van der Waals surface area contributed by atoms with Crippen LogP contribution >= 0.6 is 27.5 Å². The molecule has 0 atom stereocenters. The van der Waals surface area contributed by atoms with Gasteiger partial charge in [0.1, 0.15) is 11.5 Å². The quantitative estimate of drug-likeness (QED) is 0.801. The van der Waals surface area contributed by atoms with E-state index < -0.39 is 5.82 Å². The zero-order valence-corrected chi connectivity index (χ0v) is 10.0. The summed E-state index contributed by atoms with van der Waals surface area (Å²) in [7, 11) is 0. The molecule has 0 aliphatic heterocycles. The van der Waals surface area contributed by atoms with E-state index in [4.69, 9.17) is 11.6 Å². The van der Waals surface area contributed by atoms with Crippen LogP contribution in [0.25, 0.3) is 5.69 Å². The highest BCUT2D eigenvalue weighted by Gasteiger charge is 2.12. The summed E-state index contributed by atoms with van der Waals surface area (Å²) in [6.45, 7) is 0. The second-order valence-electron chi connectivity index (χ2n) is 2.92. The van der Waals surface area contributed by atoms with Crippen molar-refractivity contribution in [2.75, 3.05) is 0 Å². The SMILES string of the molecule is O=Cc1cn(-c2c(Cl)cc(F)cc2Br)nn1. The molecule has 0 N–H and O–H groups in total. The standard InChI is InChI=1S/C9H4BrClFN3O/c10-7-1-5(12)2-8(11)9(7)15-3-6(4-16)13-14-15/h1-4H. The molecule has 1 aromatic heterocycles. The zero-order chi connectivity index (χ0) is 11.7. The van der Waals surface area contributed by atoms with Gasteiger partial charge in [0.25, 0.3) is 0 Å². The molecule has 0 spiro atoms. The second kappa shape index (κ2) is 4.31. The molecule has 1 aromatic carbocycles. The lowest BCUT2D eigenvalue weighted by Crippen LogP contribution is -1.98. The van der Waals surface area contributed by atoms with E-state index in [0.29, 0.717) is 16.4 Å². The van der Waals surface area contributed by atoms with Crippen molar-refractivity contribution in [1.82, 2.24) is 15.0 Å². The first-order chi connectivity index (χ1) is 7.61. The Bertz CT molecular complexity index is 534. The Morgan fingerprint density at radius 2 is 2.25 bits per heavy atom. The summed E-state index contributed by atoms with van der Waals surface area (Å²) in [6, 6.07) is 2.41. The maximum Gasteiger partial charge on any atom is 0.171 e. The molecule has 0 amide bonds. The highest BCUT2D eigenvalue weighted by Crippen LogP contribution is 2.29. The maximum absolute atomic E-state index is 13.0. The average Bonchev–Trinajstić information content (AvgIpc) is 2.64. The van der Waals surface area contributed by atoms with Crippen LogP contribution in [-0.2, 0) is 0 Å². The minimum absolute atomic E-state index is 0.173. The highest BCUT2D eigenvalue weighted by atomic mass is 79.9. The Morgan fingerprint density at radius 3 is 2.81 bits per heavy atom. The van der Waals surface area contributed by atoms with Crippen molar-refractivity contribution >= 4 is 33.8 Å². The van der Waals surface area contributed by atoms with Crippen LogP contribution < -0.4 is 0 Å². The molecule has 0 unspecified atom stereocenters. The van der Waals surface area contributed by atoms with Gasteiger partial charge in [0.2, 0.25) is 0 Å². The third-order valence-corrected chi connectivity index (χ3v) is 2.74. The number of hydrogen-bond donors (Lipinski definition) is 0. The average molecular weight is 305 g/mol. The predicted molar refractivity (Wildman–Crippen MR) is 59.4 cm³/mol. The first-order valence-electron chi connectivity index (χ1n) is 4.14. The molecule has 0 aliphatic carbocycles. The topological polar surface area (TPSA) is 47.8 Å². The number of aldehydes is 1. The van der Waals surface area contributed by atoms with Crippen molar-refractivity contribution in [1.29, 1.82) is 0 Å². The molecular weight excluding hydrogens is 300 g/mol. The Morgan fingerprint density at radius 1 is 1.50 bits per heavy atom. The molecule has 16 heavy (non-hydrogen) atoms. The molecule has 82 valence electrons. The van der Waals surface area contributed by atoms with Crippen molar-refractivity contribution in [3.8, 4) is 5.69 Å². The van der Waals surface area contributed by atoms with E-state index in [1.54, 1.807) is 0 Å². The van der Waals surface area contributed by atoms with Crippen molar-refractivity contribution in [3.63, 3.8) is 0 Å². The largest absolute Gasteiger partial charge is 0.296 e. The Kier molecular flexibility index (Phi) is 3.02. The fourth-order valence-corrected chi connectivity index (χ4v) is 2.21. The maximum atomic E-state index is 13.0. The highest BCUT2D eigenvalue weighted by molar-refractivity contribution is 9.10. The number of hydrogen-bond acceptors (Lipinski definition) is 3. The molecule has 0 saturated heterocycles. The normalized spacial score (nSPS) is 10.4. The lowest BCUT2D eigenvalue weighted by molar-refractivity contribution is 0.111. The number of rotatable bonds is 2. The summed E-state index contributed by atoms with van der Waals surface area (Å²) in [6.07, 6.45) is 1.96. The Labute approximate surface area is 103 Å². The van der Waals surface area contributed by atoms with Crippen molar-refractivity contribution in [2.45, 2.75) is 0 Å². The summed E-state index contributed by atoms with van der Waals surface area (Å²) in [5, 5.41) is 7.47. The van der Waals surface area contributed by atoms with Gasteiger partial charge in [-0.05, 0) is 28.1 Å². The Balaban J connectivity index is 2.59. The van der Waals surface area contributed by atoms with Gasteiger partial charge in [0.15, 0.2) is 6.29 Å². The van der Waals surface area contributed by atoms with Crippen LogP contribution in [0, 0.1) is 5.82 Å². The molecule has 1 heterocycles. The fourth-order valence-electron chi connectivity index (χ4n) is 1.19. The van der Waals surface area contributed by atoms with Gasteiger partial charge >= 0.3 is 0 Å². The minimum Gasteiger partial charge on any atom is -0.296 e. The van der Waals surface area contributed by atoms with Crippen LogP contribution in [0.15, 0.2) is 22.8 Å². The van der Waals surface area contributed by atoms with Gasteiger partial charge in [0, 0.05) is 4.47 Å². The van der Waals surface area contributed by atoms with Gasteiger partial charge in [-0.1, -0.05) is 16.8 Å². The second-order valence-corrected chi connectivity index (χ2v) is 4.19. The minimum atomic E-state index is -0.462. The van der Waals surface area contributed by atoms with Gasteiger partial charge in [-0.2, -0.15) is 0 Å². The van der Waals surface area contributed by atoms with Crippen molar-refractivity contribution in [2.24, 2.45) is 0 Å². The zero-order valence-electron chi connectivity index (χ0n) is 7.69. The van der Waals surface area contributed by atoms with Crippen molar-refractivity contribution in [3.05, 3.63) is 39.3 Å². The van der Waals surface area contributed by atoms with Crippen LogP contribution in [-0.4, -0.2) is 21.3 Å². The van der Waals surface area contributed by atoms with E-state index in [1.165, 1.54) is 16.9 Å². The number of carbonyl (C=O) groups is 1. The fraction of sp³-hybridized carbons (Fsp3) is 0. The molecule has 2 aromatic rings. The van der Waals surface area contributed by atoms with Gasteiger partial charge in [-0.3, -0.25) is 4.79 Å². The number of carbonyl (C=O) groups excluding carboxylic acids is 1. The number of halogens is 3. The molecule has 0 fully saturated rings. The Hall–Kier alpha value is -1.27. The van der Waals surface area contributed by atoms with E-state index in [1.807, 2.05) is 0 Å². The summed E-state index contributed by atoms with van der Waals surface area (Å²) in [4.78, 5) is 10.5. The summed E-state index contributed by atoms with van der Waals surface area (Å²) >= 11 is 9.04. The monoisotopic (exact) mass is 303 g/mol. The number of nitrogens with zero attached hydrogens (tertiary/aromatic N) is 3. The van der Waals surface area contributed by atoms with E-state index in [2.05, 4.69) is 26.2 Å². The van der Waals surface area contributed by atoms with E-state index >= 15 is 0 Å². The summed E-state index contributed by atoms with van der Waals surface area (Å²) in [5.41, 5.74) is 0.607. The van der Waals surface area contributed by atoms with E-state index in [0.717, 1.165) is 6.07 Å². The van der Waals surface area contributed by atoms with Gasteiger partial charge < -0.3 is 0 Å². The van der Waals surface area contributed by atoms with Crippen molar-refractivity contribution < 1.29 is 9.18 Å². The van der Waals surface area contributed by atoms with Crippen LogP contribution in [0.4, 0.5) is 4.39 Å². The molecule has 2 rings (SSSR count). The third-order valence-electron chi connectivity index (χ3n) is 1.84. The van der Waals surface area contributed by atoms with E-state index in [9.17, 15) is 9.18 Å². The van der Waals surface area contributed by atoms with Crippen LogP contribution in [0.3, 0.4) is 0 Å². The van der Waals surface area contributed by atoms with Crippen LogP contribution in [0.1, 0.15) is 10.5 Å². The number of benzene rings is 1. The molecular formula is C9H4BrClFN3O. The molecule has 4 nitrogen and oxygen atoms in total. The van der Waals surface area contributed by atoms with Crippen LogP contribution in [0.2, 0.25) is 5.02 Å². The first kappa shape index (κ1) is 11.2. The molecule has 0 bridgehead atoms. The lowest BCUT2D eigenvalue weighted by Gasteiger charge is -2.05.